The van der Waals surface area contributed by atoms with Crippen LogP contribution in [0.15, 0.2) is 18.2 Å². The van der Waals surface area contributed by atoms with E-state index in [-0.39, 0.29) is 18.9 Å². The number of benzene rings is 1. The summed E-state index contributed by atoms with van der Waals surface area (Å²) in [5.41, 5.74) is 0.823. The number of carbonyl (C=O) groups is 1. The quantitative estimate of drug-likeness (QED) is 0.779. The highest BCUT2D eigenvalue weighted by Crippen LogP contribution is 2.24. The van der Waals surface area contributed by atoms with E-state index in [9.17, 15) is 13.2 Å². The summed E-state index contributed by atoms with van der Waals surface area (Å²) >= 11 is 11.9. The van der Waals surface area contributed by atoms with Crippen LogP contribution in [0, 0.1) is 0 Å². The minimum atomic E-state index is -3.70. The highest BCUT2D eigenvalue weighted by molar-refractivity contribution is 8.14. The summed E-state index contributed by atoms with van der Waals surface area (Å²) in [5, 5.41) is 0.312. The Balaban J connectivity index is 2.01. The van der Waals surface area contributed by atoms with Gasteiger partial charge in [0.25, 0.3) is 0 Å². The van der Waals surface area contributed by atoms with Gasteiger partial charge in [-0.1, -0.05) is 23.2 Å². The second-order valence-electron chi connectivity index (χ2n) is 4.63. The van der Waals surface area contributed by atoms with Crippen molar-refractivity contribution < 1.29 is 13.2 Å². The van der Waals surface area contributed by atoms with Crippen molar-refractivity contribution in [2.45, 2.75) is 18.1 Å². The maximum atomic E-state index is 11.7. The van der Waals surface area contributed by atoms with E-state index in [2.05, 4.69) is 0 Å². The summed E-state index contributed by atoms with van der Waals surface area (Å²) in [6.07, 6.45) is 0.454. The number of nitrogens with zero attached hydrogens (tertiary/aromatic N) is 1. The van der Waals surface area contributed by atoms with Gasteiger partial charge in [-0.3, -0.25) is 4.79 Å². The SMILES string of the molecule is O=C1CC(S(=O)(=O)Cl)CN1CCc1cc(Cl)ccc1Cl. The molecule has 0 aliphatic carbocycles. The molecule has 0 aromatic heterocycles. The maximum absolute atomic E-state index is 11.7. The fourth-order valence-corrected chi connectivity index (χ4v) is 3.60. The molecule has 1 saturated heterocycles. The number of likely N-dealkylation sites (tertiary alicyclic amines) is 1. The molecule has 1 aromatic rings. The molecule has 1 atom stereocenters. The molecule has 20 heavy (non-hydrogen) atoms. The summed E-state index contributed by atoms with van der Waals surface area (Å²) in [7, 11) is 1.58. The second kappa shape index (κ2) is 6.10. The zero-order valence-corrected chi connectivity index (χ0v) is 13.4. The Hall–Kier alpha value is -0.490. The zero-order chi connectivity index (χ0) is 14.9. The van der Waals surface area contributed by atoms with Gasteiger partial charge in [-0.2, -0.15) is 0 Å². The lowest BCUT2D eigenvalue weighted by Gasteiger charge is -2.16. The van der Waals surface area contributed by atoms with Gasteiger partial charge in [0.2, 0.25) is 15.0 Å². The van der Waals surface area contributed by atoms with Crippen LogP contribution >= 0.6 is 33.9 Å². The molecule has 110 valence electrons. The van der Waals surface area contributed by atoms with Gasteiger partial charge < -0.3 is 4.90 Å². The first-order chi connectivity index (χ1) is 9.27. The molecule has 8 heteroatoms. The predicted octanol–water partition coefficient (Wildman–Crippen LogP) is 2.71. The van der Waals surface area contributed by atoms with Crippen molar-refractivity contribution in [3.8, 4) is 0 Å². The van der Waals surface area contributed by atoms with E-state index in [0.717, 1.165) is 5.56 Å². The molecule has 0 N–H and O–H groups in total. The molecule has 1 aromatic carbocycles. The Morgan fingerprint density at radius 2 is 2.00 bits per heavy atom. The van der Waals surface area contributed by atoms with Crippen molar-refractivity contribution in [1.82, 2.24) is 4.90 Å². The van der Waals surface area contributed by atoms with Crippen LogP contribution in [0.3, 0.4) is 0 Å². The molecule has 2 rings (SSSR count). The summed E-state index contributed by atoms with van der Waals surface area (Å²) in [6.45, 7) is 0.519. The van der Waals surface area contributed by atoms with Crippen molar-refractivity contribution in [2.24, 2.45) is 0 Å². The van der Waals surface area contributed by atoms with E-state index in [1.165, 1.54) is 4.90 Å². The molecule has 1 heterocycles. The molecule has 0 bridgehead atoms. The Kier molecular flexibility index (Phi) is 4.84. The third-order valence-electron chi connectivity index (χ3n) is 3.24. The van der Waals surface area contributed by atoms with Crippen molar-refractivity contribution in [2.75, 3.05) is 13.1 Å². The van der Waals surface area contributed by atoms with E-state index in [1.807, 2.05) is 0 Å². The van der Waals surface area contributed by atoms with Gasteiger partial charge in [-0.05, 0) is 30.2 Å². The molecule has 0 saturated carbocycles. The normalized spacial score (nSPS) is 19.6. The van der Waals surface area contributed by atoms with Crippen molar-refractivity contribution in [3.05, 3.63) is 33.8 Å². The number of hydrogen-bond acceptors (Lipinski definition) is 3. The summed E-state index contributed by atoms with van der Waals surface area (Å²) in [6, 6.07) is 5.11. The number of carbonyl (C=O) groups excluding carboxylic acids is 1. The van der Waals surface area contributed by atoms with Crippen LogP contribution in [0.4, 0.5) is 0 Å². The van der Waals surface area contributed by atoms with E-state index in [1.54, 1.807) is 18.2 Å². The third-order valence-corrected chi connectivity index (χ3v) is 5.71. The molecule has 0 spiro atoms. The van der Waals surface area contributed by atoms with Gasteiger partial charge in [0.05, 0.1) is 0 Å². The summed E-state index contributed by atoms with van der Waals surface area (Å²) in [4.78, 5) is 13.2. The van der Waals surface area contributed by atoms with Crippen molar-refractivity contribution in [1.29, 1.82) is 0 Å². The molecular formula is C12H12Cl3NO3S. The number of rotatable bonds is 4. The van der Waals surface area contributed by atoms with Crippen LogP contribution in [0.1, 0.15) is 12.0 Å². The fraction of sp³-hybridized carbons (Fsp3) is 0.417. The zero-order valence-electron chi connectivity index (χ0n) is 10.4. The van der Waals surface area contributed by atoms with E-state index in [4.69, 9.17) is 33.9 Å². The average Bonchev–Trinajstić information content (AvgIpc) is 2.72. The van der Waals surface area contributed by atoms with Crippen LogP contribution in [-0.4, -0.2) is 37.6 Å². The largest absolute Gasteiger partial charge is 0.341 e. The lowest BCUT2D eigenvalue weighted by molar-refractivity contribution is -0.127. The van der Waals surface area contributed by atoms with Crippen LogP contribution in [0.5, 0.6) is 0 Å². The summed E-state index contributed by atoms with van der Waals surface area (Å²) in [5.74, 6) is -0.211. The first kappa shape index (κ1) is 15.9. The van der Waals surface area contributed by atoms with Gasteiger partial charge in [0, 0.05) is 40.2 Å². The molecule has 4 nitrogen and oxygen atoms in total. The van der Waals surface area contributed by atoms with Gasteiger partial charge in [-0.15, -0.1) is 0 Å². The van der Waals surface area contributed by atoms with Crippen LogP contribution < -0.4 is 0 Å². The lowest BCUT2D eigenvalue weighted by atomic mass is 10.1. The Bertz CT molecular complexity index is 633. The minimum Gasteiger partial charge on any atom is -0.341 e. The van der Waals surface area contributed by atoms with Crippen LogP contribution in [0.25, 0.3) is 0 Å². The molecular weight excluding hydrogens is 345 g/mol. The Morgan fingerprint density at radius 3 is 2.60 bits per heavy atom. The van der Waals surface area contributed by atoms with Crippen molar-refractivity contribution >= 4 is 48.8 Å². The lowest BCUT2D eigenvalue weighted by Crippen LogP contribution is -2.29. The molecule has 1 unspecified atom stereocenters. The average molecular weight is 357 g/mol. The second-order valence-corrected chi connectivity index (χ2v) is 8.38. The van der Waals surface area contributed by atoms with E-state index in [0.29, 0.717) is 23.0 Å². The number of hydrogen-bond donors (Lipinski definition) is 0. The van der Waals surface area contributed by atoms with Crippen LogP contribution in [0.2, 0.25) is 10.0 Å². The molecule has 1 amide bonds. The molecule has 0 radical (unpaired) electrons. The van der Waals surface area contributed by atoms with E-state index < -0.39 is 14.3 Å². The number of amides is 1. The Morgan fingerprint density at radius 1 is 1.30 bits per heavy atom. The highest BCUT2D eigenvalue weighted by Gasteiger charge is 2.36. The Labute approximate surface area is 132 Å². The standard InChI is InChI=1S/C12H12Cl3NO3S/c13-9-1-2-11(14)8(5-9)3-4-16-7-10(6-12(16)17)20(15,18)19/h1-2,5,10H,3-4,6-7H2. The summed E-state index contributed by atoms with van der Waals surface area (Å²) < 4.78 is 22.5. The molecule has 1 aliphatic heterocycles. The monoisotopic (exact) mass is 355 g/mol. The smallest absolute Gasteiger partial charge is 0.237 e. The predicted molar refractivity (Wildman–Crippen MR) is 79.9 cm³/mol. The van der Waals surface area contributed by atoms with Crippen molar-refractivity contribution in [3.63, 3.8) is 0 Å². The fourth-order valence-electron chi connectivity index (χ4n) is 2.13. The van der Waals surface area contributed by atoms with Crippen LogP contribution in [-0.2, 0) is 20.3 Å². The van der Waals surface area contributed by atoms with E-state index >= 15 is 0 Å². The van der Waals surface area contributed by atoms with Gasteiger partial charge in [0.1, 0.15) is 5.25 Å². The van der Waals surface area contributed by atoms with Gasteiger partial charge >= 0.3 is 0 Å². The topological polar surface area (TPSA) is 54.5 Å². The molecule has 1 fully saturated rings. The van der Waals surface area contributed by atoms with Gasteiger partial charge in [-0.25, -0.2) is 8.42 Å². The minimum absolute atomic E-state index is 0.0604. The van der Waals surface area contributed by atoms with Gasteiger partial charge in [0.15, 0.2) is 0 Å². The third kappa shape index (κ3) is 3.79. The maximum Gasteiger partial charge on any atom is 0.237 e. The molecule has 1 aliphatic rings. The number of halogens is 3. The first-order valence-electron chi connectivity index (χ1n) is 5.92. The first-order valence-corrected chi connectivity index (χ1v) is 9.05. The highest BCUT2D eigenvalue weighted by atomic mass is 35.7.